The first kappa shape index (κ1) is 8.24. The van der Waals surface area contributed by atoms with E-state index in [1.807, 2.05) is 18.7 Å². The number of nitrogens with one attached hydrogen (secondary N) is 2. The Morgan fingerprint density at radius 2 is 2.31 bits per heavy atom. The molecular weight excluding hydrogens is 218 g/mol. The van der Waals surface area contributed by atoms with Crippen molar-refractivity contribution in [2.75, 3.05) is 0 Å². The van der Waals surface area contributed by atoms with Crippen LogP contribution in [0.2, 0.25) is 0 Å². The zero-order valence-corrected chi connectivity index (χ0v) is 9.14. The number of pyridine rings is 1. The topological polar surface area (TPSA) is 42.8 Å². The van der Waals surface area contributed by atoms with E-state index in [2.05, 4.69) is 33.2 Å². The normalized spacial score (nSPS) is 11.8. The molecule has 4 heteroatoms. The summed E-state index contributed by atoms with van der Waals surface area (Å²) in [7, 11) is 0. The number of aromatic amines is 2. The fourth-order valence-corrected chi connectivity index (χ4v) is 3.17. The maximum Gasteiger partial charge on any atom is 0.239 e. The van der Waals surface area contributed by atoms with Crippen molar-refractivity contribution in [1.29, 1.82) is 0 Å². The maximum absolute atomic E-state index is 4.50. The van der Waals surface area contributed by atoms with Gasteiger partial charge in [0, 0.05) is 11.6 Å². The van der Waals surface area contributed by atoms with Gasteiger partial charge in [-0.2, -0.15) is 0 Å². The highest BCUT2D eigenvalue weighted by Crippen LogP contribution is 2.35. The average Bonchev–Trinajstić information content (AvgIpc) is 2.91. The van der Waals surface area contributed by atoms with Gasteiger partial charge in [-0.1, -0.05) is 18.2 Å². The molecule has 0 bridgehead atoms. The summed E-state index contributed by atoms with van der Waals surface area (Å²) in [5.41, 5.74) is 1.17. The standard InChI is InChI=1S/C12H7N3S/c1-2-7-4-14-12-10(8(7)3-1)11-9(16-12)5-13-6-15-11/h1-6H,(H,13,15)/p+1. The molecule has 0 amide bonds. The van der Waals surface area contributed by atoms with E-state index in [1.54, 1.807) is 11.3 Å². The molecule has 2 N–H and O–H groups in total. The Hall–Kier alpha value is -1.94. The number of hydrogen-bond donors (Lipinski definition) is 1. The van der Waals surface area contributed by atoms with Crippen molar-refractivity contribution in [3.05, 3.63) is 36.9 Å². The van der Waals surface area contributed by atoms with Gasteiger partial charge in [-0.3, -0.25) is 4.98 Å². The highest BCUT2D eigenvalue weighted by molar-refractivity contribution is 7.25. The first-order valence-corrected chi connectivity index (χ1v) is 5.89. The largest absolute Gasteiger partial charge is 0.252 e. The van der Waals surface area contributed by atoms with E-state index < -0.39 is 0 Å². The van der Waals surface area contributed by atoms with Gasteiger partial charge in [0.2, 0.25) is 6.33 Å². The molecule has 0 saturated carbocycles. The molecule has 4 rings (SSSR count). The molecule has 76 valence electrons. The van der Waals surface area contributed by atoms with Gasteiger partial charge in [-0.05, 0) is 5.39 Å². The second-order valence-electron chi connectivity index (χ2n) is 3.77. The SMILES string of the molecule is c1cc2cnc3sc4c[nH+]c[nH]c4c3c2c1. The predicted octanol–water partition coefficient (Wildman–Crippen LogP) is 2.74. The van der Waals surface area contributed by atoms with Crippen LogP contribution in [0.25, 0.3) is 31.2 Å². The minimum atomic E-state index is 1.09. The van der Waals surface area contributed by atoms with Crippen LogP contribution < -0.4 is 4.98 Å². The van der Waals surface area contributed by atoms with Gasteiger partial charge in [0.1, 0.15) is 15.7 Å². The van der Waals surface area contributed by atoms with E-state index in [0.717, 1.165) is 4.83 Å². The van der Waals surface area contributed by atoms with E-state index in [9.17, 15) is 0 Å². The summed E-state index contributed by atoms with van der Waals surface area (Å²) in [6.07, 6.45) is 5.79. The molecule has 0 unspecified atom stereocenters. The number of aromatic nitrogens is 3. The van der Waals surface area contributed by atoms with Crippen molar-refractivity contribution in [2.45, 2.75) is 0 Å². The molecule has 3 nitrogen and oxygen atoms in total. The molecule has 16 heavy (non-hydrogen) atoms. The molecule has 4 aromatic rings. The van der Waals surface area contributed by atoms with Crippen LogP contribution >= 0.6 is 11.3 Å². The fraction of sp³-hybridized carbons (Fsp3) is 0. The Morgan fingerprint density at radius 3 is 3.31 bits per heavy atom. The lowest BCUT2D eigenvalue weighted by molar-refractivity contribution is -0.380. The highest BCUT2D eigenvalue weighted by Gasteiger charge is 2.12. The molecule has 0 aliphatic heterocycles. The summed E-state index contributed by atoms with van der Waals surface area (Å²) in [4.78, 5) is 11.9. The van der Waals surface area contributed by atoms with E-state index in [4.69, 9.17) is 0 Å². The zero-order valence-electron chi connectivity index (χ0n) is 8.32. The van der Waals surface area contributed by atoms with E-state index in [0.29, 0.717) is 0 Å². The van der Waals surface area contributed by atoms with Gasteiger partial charge < -0.3 is 0 Å². The number of thiophene rings is 1. The summed E-state index contributed by atoms with van der Waals surface area (Å²) < 4.78 is 1.21. The summed E-state index contributed by atoms with van der Waals surface area (Å²) in [5, 5.41) is 3.71. The Labute approximate surface area is 94.8 Å². The lowest BCUT2D eigenvalue weighted by Gasteiger charge is -1.91. The quantitative estimate of drug-likeness (QED) is 0.492. The third-order valence-corrected chi connectivity index (χ3v) is 3.92. The smallest absolute Gasteiger partial charge is 0.239 e. The van der Waals surface area contributed by atoms with E-state index >= 15 is 0 Å². The number of H-pyrrole nitrogens is 2. The molecule has 3 aromatic heterocycles. The third kappa shape index (κ3) is 0.919. The Morgan fingerprint density at radius 1 is 1.31 bits per heavy atom. The van der Waals surface area contributed by atoms with Gasteiger partial charge in [0.15, 0.2) is 5.52 Å². The predicted molar refractivity (Wildman–Crippen MR) is 65.5 cm³/mol. The molecule has 0 atom stereocenters. The van der Waals surface area contributed by atoms with E-state index in [-0.39, 0.29) is 0 Å². The molecule has 1 aromatic carbocycles. The molecule has 0 radical (unpaired) electrons. The first-order chi connectivity index (χ1) is 7.93. The molecule has 3 heterocycles. The molecule has 0 fully saturated rings. The summed E-state index contributed by atoms with van der Waals surface area (Å²) in [6, 6.07) is 6.32. The average molecular weight is 226 g/mol. The lowest BCUT2D eigenvalue weighted by Crippen LogP contribution is -1.98. The second kappa shape index (κ2) is 2.80. The Bertz CT molecular complexity index is 813. The van der Waals surface area contributed by atoms with Gasteiger partial charge in [0.25, 0.3) is 0 Å². The fourth-order valence-electron chi connectivity index (χ4n) is 2.16. The summed E-state index contributed by atoms with van der Waals surface area (Å²) in [6.45, 7) is 0. The zero-order chi connectivity index (χ0) is 10.5. The molecule has 0 aliphatic rings. The van der Waals surface area contributed by atoms with Crippen molar-refractivity contribution in [2.24, 2.45) is 0 Å². The minimum absolute atomic E-state index is 1.09. The molecule has 0 saturated heterocycles. The molecule has 0 aliphatic carbocycles. The third-order valence-electron chi connectivity index (χ3n) is 2.87. The van der Waals surface area contributed by atoms with Crippen LogP contribution in [0.4, 0.5) is 0 Å². The van der Waals surface area contributed by atoms with Crippen LogP contribution in [0.3, 0.4) is 0 Å². The monoisotopic (exact) mass is 226 g/mol. The number of fused-ring (bicyclic) bond motifs is 5. The number of rotatable bonds is 0. The Balaban J connectivity index is 2.42. The van der Waals surface area contributed by atoms with E-state index in [1.165, 1.54) is 26.4 Å². The van der Waals surface area contributed by atoms with Crippen molar-refractivity contribution in [3.63, 3.8) is 0 Å². The second-order valence-corrected chi connectivity index (χ2v) is 4.80. The van der Waals surface area contributed by atoms with Gasteiger partial charge >= 0.3 is 0 Å². The van der Waals surface area contributed by atoms with Gasteiger partial charge in [-0.15, -0.1) is 11.3 Å². The highest BCUT2D eigenvalue weighted by atomic mass is 32.1. The number of nitrogens with zero attached hydrogens (tertiary/aromatic N) is 1. The maximum atomic E-state index is 4.50. The summed E-state index contributed by atoms with van der Waals surface area (Å²) in [5.74, 6) is 0. The lowest BCUT2D eigenvalue weighted by atomic mass is 10.2. The molecule has 0 spiro atoms. The van der Waals surface area contributed by atoms with Gasteiger partial charge in [-0.25, -0.2) is 9.97 Å². The van der Waals surface area contributed by atoms with Crippen LogP contribution in [0, 0.1) is 0 Å². The van der Waals surface area contributed by atoms with Crippen molar-refractivity contribution < 1.29 is 4.98 Å². The van der Waals surface area contributed by atoms with Crippen LogP contribution in [0.15, 0.2) is 36.9 Å². The Kier molecular flexibility index (Phi) is 1.44. The van der Waals surface area contributed by atoms with Crippen LogP contribution in [-0.4, -0.2) is 9.97 Å². The summed E-state index contributed by atoms with van der Waals surface area (Å²) >= 11 is 1.71. The van der Waals surface area contributed by atoms with Gasteiger partial charge in [0.05, 0.1) is 5.39 Å². The number of hydrogen-bond acceptors (Lipinski definition) is 2. The van der Waals surface area contributed by atoms with Crippen molar-refractivity contribution in [3.8, 4) is 0 Å². The van der Waals surface area contributed by atoms with Crippen LogP contribution in [0.5, 0.6) is 0 Å². The van der Waals surface area contributed by atoms with Crippen molar-refractivity contribution in [1.82, 2.24) is 9.97 Å². The first-order valence-electron chi connectivity index (χ1n) is 5.08. The van der Waals surface area contributed by atoms with Crippen molar-refractivity contribution >= 4 is 42.5 Å². The van der Waals surface area contributed by atoms with Crippen LogP contribution in [0.1, 0.15) is 0 Å². The molecular formula is C12H8N3S+. The minimum Gasteiger partial charge on any atom is -0.252 e. The van der Waals surface area contributed by atoms with Crippen LogP contribution in [-0.2, 0) is 0 Å².